The number of ether oxygens (including phenoxy) is 1. The Bertz CT molecular complexity index is 853. The van der Waals surface area contributed by atoms with Crippen molar-refractivity contribution >= 4 is 11.9 Å². The first kappa shape index (κ1) is 21.6. The zero-order valence-electron chi connectivity index (χ0n) is 17.5. The summed E-state index contributed by atoms with van der Waals surface area (Å²) in [5.41, 5.74) is 1.05. The average molecular weight is 413 g/mol. The molecule has 30 heavy (non-hydrogen) atoms. The Labute approximate surface area is 177 Å². The Balaban J connectivity index is 1.55. The number of carbonyl (C=O) groups excluding carboxylic acids is 1. The molecule has 1 saturated heterocycles. The number of amides is 1. The summed E-state index contributed by atoms with van der Waals surface area (Å²) in [6, 6.07) is 13.8. The highest BCUT2D eigenvalue weighted by molar-refractivity contribution is 5.80. The van der Waals surface area contributed by atoms with Gasteiger partial charge in [0.2, 0.25) is 5.91 Å². The van der Waals surface area contributed by atoms with Crippen LogP contribution in [-0.4, -0.2) is 42.4 Å². The van der Waals surface area contributed by atoms with E-state index < -0.39 is 0 Å². The molecule has 1 fully saturated rings. The number of hydrogen-bond donors (Lipinski definition) is 2. The Morgan fingerprint density at radius 3 is 2.43 bits per heavy atom. The van der Waals surface area contributed by atoms with Crippen molar-refractivity contribution < 1.29 is 13.9 Å². The third kappa shape index (κ3) is 6.20. The highest BCUT2D eigenvalue weighted by Gasteiger charge is 2.25. The third-order valence-corrected chi connectivity index (χ3v) is 4.92. The van der Waals surface area contributed by atoms with Crippen molar-refractivity contribution in [2.24, 2.45) is 4.99 Å². The number of nitrogens with one attached hydrogen (secondary N) is 2. The zero-order valence-corrected chi connectivity index (χ0v) is 17.5. The summed E-state index contributed by atoms with van der Waals surface area (Å²) in [4.78, 5) is 18.4. The van der Waals surface area contributed by atoms with Crippen LogP contribution in [0.1, 0.15) is 32.3 Å². The topological polar surface area (TPSA) is 66.0 Å². The van der Waals surface area contributed by atoms with Gasteiger partial charge in [0.05, 0.1) is 6.54 Å². The lowest BCUT2D eigenvalue weighted by atomic mass is 10.2. The minimum Gasteiger partial charge on any atom is -0.457 e. The number of rotatable bonds is 7. The molecule has 1 heterocycles. The van der Waals surface area contributed by atoms with E-state index in [1.54, 1.807) is 12.1 Å². The maximum atomic E-state index is 13.0. The Kier molecular flexibility index (Phi) is 7.65. The van der Waals surface area contributed by atoms with E-state index in [4.69, 9.17) is 4.74 Å². The number of guanidine groups is 1. The van der Waals surface area contributed by atoms with E-state index in [2.05, 4.69) is 15.6 Å². The predicted octanol–water partition coefficient (Wildman–Crippen LogP) is 3.68. The molecule has 0 bridgehead atoms. The van der Waals surface area contributed by atoms with Gasteiger partial charge in [0, 0.05) is 32.1 Å². The molecule has 160 valence electrons. The van der Waals surface area contributed by atoms with Crippen LogP contribution >= 0.6 is 0 Å². The van der Waals surface area contributed by atoms with Crippen molar-refractivity contribution in [3.63, 3.8) is 0 Å². The third-order valence-electron chi connectivity index (χ3n) is 4.92. The molecule has 0 aromatic heterocycles. The van der Waals surface area contributed by atoms with E-state index in [9.17, 15) is 9.18 Å². The molecule has 6 nitrogen and oxygen atoms in total. The number of aliphatic imine (C=N–C) groups is 1. The molecule has 0 spiro atoms. The van der Waals surface area contributed by atoms with E-state index in [-0.39, 0.29) is 17.8 Å². The van der Waals surface area contributed by atoms with Gasteiger partial charge in [-0.3, -0.25) is 4.79 Å². The summed E-state index contributed by atoms with van der Waals surface area (Å²) in [5, 5.41) is 6.70. The molecule has 0 aliphatic carbocycles. The molecule has 2 N–H and O–H groups in total. The van der Waals surface area contributed by atoms with Crippen molar-refractivity contribution in [1.82, 2.24) is 15.5 Å². The summed E-state index contributed by atoms with van der Waals surface area (Å²) in [6.07, 6.45) is 1.47. The molecular weight excluding hydrogens is 383 g/mol. The van der Waals surface area contributed by atoms with Crippen LogP contribution in [0.4, 0.5) is 4.39 Å². The highest BCUT2D eigenvalue weighted by atomic mass is 19.1. The maximum absolute atomic E-state index is 13.0. The van der Waals surface area contributed by atoms with Gasteiger partial charge in [-0.25, -0.2) is 9.38 Å². The summed E-state index contributed by atoms with van der Waals surface area (Å²) in [5.74, 6) is 1.94. The Morgan fingerprint density at radius 1 is 1.13 bits per heavy atom. The van der Waals surface area contributed by atoms with Gasteiger partial charge in [-0.15, -0.1) is 0 Å². The molecule has 1 unspecified atom stereocenters. The molecule has 3 rings (SSSR count). The van der Waals surface area contributed by atoms with Crippen molar-refractivity contribution in [3.05, 3.63) is 59.9 Å². The minimum atomic E-state index is -0.289. The number of hydrogen-bond acceptors (Lipinski definition) is 3. The summed E-state index contributed by atoms with van der Waals surface area (Å²) in [7, 11) is 0. The van der Waals surface area contributed by atoms with E-state index in [1.165, 1.54) is 12.1 Å². The smallest absolute Gasteiger partial charge is 0.222 e. The van der Waals surface area contributed by atoms with Crippen molar-refractivity contribution in [2.75, 3.05) is 19.6 Å². The average Bonchev–Trinajstić information content (AvgIpc) is 3.23. The summed E-state index contributed by atoms with van der Waals surface area (Å²) >= 11 is 0. The van der Waals surface area contributed by atoms with Crippen molar-refractivity contribution in [2.45, 2.75) is 39.3 Å². The molecule has 1 atom stereocenters. The first-order valence-corrected chi connectivity index (χ1v) is 10.4. The van der Waals surface area contributed by atoms with E-state index in [1.807, 2.05) is 43.0 Å². The molecule has 7 heteroatoms. The Morgan fingerprint density at radius 2 is 1.80 bits per heavy atom. The molecule has 1 amide bonds. The van der Waals surface area contributed by atoms with Gasteiger partial charge < -0.3 is 20.3 Å². The number of benzene rings is 2. The van der Waals surface area contributed by atoms with Gasteiger partial charge in [0.25, 0.3) is 0 Å². The molecule has 2 aromatic rings. The second-order valence-corrected chi connectivity index (χ2v) is 7.22. The van der Waals surface area contributed by atoms with Crippen LogP contribution in [-0.2, 0) is 11.3 Å². The maximum Gasteiger partial charge on any atom is 0.222 e. The predicted molar refractivity (Wildman–Crippen MR) is 116 cm³/mol. The van der Waals surface area contributed by atoms with Crippen molar-refractivity contribution in [3.8, 4) is 11.5 Å². The van der Waals surface area contributed by atoms with Crippen LogP contribution in [0.25, 0.3) is 0 Å². The highest BCUT2D eigenvalue weighted by Crippen LogP contribution is 2.22. The second-order valence-electron chi connectivity index (χ2n) is 7.22. The fraction of sp³-hybridized carbons (Fsp3) is 0.391. The normalized spacial score (nSPS) is 16.4. The lowest BCUT2D eigenvalue weighted by molar-refractivity contribution is -0.129. The quantitative estimate of drug-likeness (QED) is 0.538. The molecule has 0 saturated carbocycles. The monoisotopic (exact) mass is 412 g/mol. The van der Waals surface area contributed by atoms with Crippen LogP contribution in [0.2, 0.25) is 0 Å². The molecule has 1 aliphatic rings. The van der Waals surface area contributed by atoms with Crippen LogP contribution in [0.3, 0.4) is 0 Å². The van der Waals surface area contributed by atoms with Crippen LogP contribution in [0.15, 0.2) is 53.5 Å². The largest absolute Gasteiger partial charge is 0.457 e. The summed E-state index contributed by atoms with van der Waals surface area (Å²) < 4.78 is 18.7. The van der Waals surface area contributed by atoms with Gasteiger partial charge in [-0.05, 0) is 55.3 Å². The number of halogens is 1. The van der Waals surface area contributed by atoms with E-state index in [0.717, 1.165) is 31.0 Å². The van der Waals surface area contributed by atoms with Gasteiger partial charge in [-0.2, -0.15) is 0 Å². The van der Waals surface area contributed by atoms with E-state index in [0.29, 0.717) is 31.0 Å². The number of carbonyl (C=O) groups is 1. The van der Waals surface area contributed by atoms with Gasteiger partial charge in [0.15, 0.2) is 5.96 Å². The first-order chi connectivity index (χ1) is 14.6. The SMILES string of the molecule is CCNC(=NCc1ccc(Oc2ccc(F)cc2)cc1)NC1CCN(C(=O)CC)C1. The van der Waals surface area contributed by atoms with Crippen LogP contribution in [0.5, 0.6) is 11.5 Å². The number of likely N-dealkylation sites (tertiary alicyclic amines) is 1. The molecule has 1 aliphatic heterocycles. The van der Waals surface area contributed by atoms with Crippen LogP contribution in [0, 0.1) is 5.82 Å². The fourth-order valence-electron chi connectivity index (χ4n) is 3.31. The Hall–Kier alpha value is -3.09. The fourth-order valence-corrected chi connectivity index (χ4v) is 3.31. The van der Waals surface area contributed by atoms with Gasteiger partial charge >= 0.3 is 0 Å². The zero-order chi connectivity index (χ0) is 21.3. The second kappa shape index (κ2) is 10.6. The lowest BCUT2D eigenvalue weighted by Crippen LogP contribution is -2.45. The van der Waals surface area contributed by atoms with Crippen molar-refractivity contribution in [1.29, 1.82) is 0 Å². The van der Waals surface area contributed by atoms with Gasteiger partial charge in [-0.1, -0.05) is 19.1 Å². The summed E-state index contributed by atoms with van der Waals surface area (Å²) in [6.45, 7) is 6.72. The van der Waals surface area contributed by atoms with Gasteiger partial charge in [0.1, 0.15) is 17.3 Å². The number of nitrogens with zero attached hydrogens (tertiary/aromatic N) is 2. The minimum absolute atomic E-state index is 0.198. The molecular formula is C23H29FN4O2. The van der Waals surface area contributed by atoms with Crippen LogP contribution < -0.4 is 15.4 Å². The lowest BCUT2D eigenvalue weighted by Gasteiger charge is -2.18. The standard InChI is InChI=1S/C23H29FN4O2/c1-3-22(29)28-14-13-19(16-28)27-23(25-4-2)26-15-17-5-9-20(10-6-17)30-21-11-7-18(24)8-12-21/h5-12,19H,3-4,13-16H2,1-2H3,(H2,25,26,27). The first-order valence-electron chi connectivity index (χ1n) is 10.4. The molecule has 2 aromatic carbocycles. The van der Waals surface area contributed by atoms with E-state index >= 15 is 0 Å². The molecule has 0 radical (unpaired) electrons.